The highest BCUT2D eigenvalue weighted by Crippen LogP contribution is 2.20. The predicted octanol–water partition coefficient (Wildman–Crippen LogP) is 4.33. The number of rotatable bonds is 10. The topological polar surface area (TPSA) is 114 Å². The Labute approximate surface area is 204 Å². The average Bonchev–Trinajstić information content (AvgIpc) is 2.86. The van der Waals surface area contributed by atoms with Crippen LogP contribution in [0.2, 0.25) is 5.02 Å². The molecule has 4 N–H and O–H groups in total. The van der Waals surface area contributed by atoms with Crippen molar-refractivity contribution >= 4 is 35.1 Å². The van der Waals surface area contributed by atoms with E-state index in [9.17, 15) is 4.79 Å². The predicted molar refractivity (Wildman–Crippen MR) is 136 cm³/mol. The molecule has 1 atom stereocenters. The lowest BCUT2D eigenvalue weighted by Gasteiger charge is -2.19. The number of halogens is 1. The molecule has 0 saturated heterocycles. The number of nitrogens with zero attached hydrogens (tertiary/aromatic N) is 2. The highest BCUT2D eigenvalue weighted by atomic mass is 35.5. The van der Waals surface area contributed by atoms with Gasteiger partial charge in [-0.25, -0.2) is 4.98 Å². The Kier molecular flexibility index (Phi) is 8.92. The number of pyridine rings is 1. The van der Waals surface area contributed by atoms with Crippen LogP contribution in [-0.4, -0.2) is 30.7 Å². The third-order valence-electron chi connectivity index (χ3n) is 5.09. The smallest absolute Gasteiger partial charge is 0.247 e. The molecule has 0 aliphatic heterocycles. The summed E-state index contributed by atoms with van der Waals surface area (Å²) in [6.45, 7) is 0.542. The van der Waals surface area contributed by atoms with E-state index in [4.69, 9.17) is 22.3 Å². The number of carbonyl (C=O) groups excluding carboxylic acids is 1. The summed E-state index contributed by atoms with van der Waals surface area (Å²) < 4.78 is 0. The van der Waals surface area contributed by atoms with Gasteiger partial charge in [0.1, 0.15) is 11.9 Å². The van der Waals surface area contributed by atoms with Gasteiger partial charge in [-0.05, 0) is 53.9 Å². The normalized spacial score (nSPS) is 11.9. The van der Waals surface area contributed by atoms with Crippen molar-refractivity contribution < 1.29 is 4.79 Å². The number of hydrogen-bond acceptors (Lipinski definition) is 6. The maximum absolute atomic E-state index is 13.2. The molecule has 0 radical (unpaired) electrons. The maximum Gasteiger partial charge on any atom is 0.247 e. The molecule has 34 heavy (non-hydrogen) atoms. The van der Waals surface area contributed by atoms with Gasteiger partial charge in [-0.15, -0.1) is 0 Å². The molecule has 3 aromatic rings. The van der Waals surface area contributed by atoms with Crippen LogP contribution in [0, 0.1) is 16.7 Å². The first kappa shape index (κ1) is 24.6. The van der Waals surface area contributed by atoms with Crippen molar-refractivity contribution in [2.24, 2.45) is 0 Å². The van der Waals surface area contributed by atoms with Gasteiger partial charge < -0.3 is 21.4 Å². The molecule has 0 aliphatic rings. The molecule has 3 rings (SSSR count). The number of anilines is 1. The number of carbonyl (C=O) groups is 1. The van der Waals surface area contributed by atoms with Crippen molar-refractivity contribution in [3.8, 4) is 6.07 Å². The number of nitriles is 1. The highest BCUT2D eigenvalue weighted by Gasteiger charge is 2.21. The van der Waals surface area contributed by atoms with Crippen molar-refractivity contribution in [3.05, 3.63) is 100 Å². The van der Waals surface area contributed by atoms with E-state index in [2.05, 4.69) is 27.0 Å². The first-order valence-corrected chi connectivity index (χ1v) is 11.0. The molecule has 0 saturated carbocycles. The summed E-state index contributed by atoms with van der Waals surface area (Å²) in [7, 11) is 1.76. The fourth-order valence-electron chi connectivity index (χ4n) is 3.36. The van der Waals surface area contributed by atoms with Crippen LogP contribution < -0.4 is 16.0 Å². The van der Waals surface area contributed by atoms with E-state index in [1.54, 1.807) is 61.9 Å². The summed E-state index contributed by atoms with van der Waals surface area (Å²) >= 11 is 6.17. The van der Waals surface area contributed by atoms with Crippen molar-refractivity contribution in [1.29, 1.82) is 10.7 Å². The first-order chi connectivity index (χ1) is 16.5. The fourth-order valence-corrected chi connectivity index (χ4v) is 3.55. The number of nitrogens with one attached hydrogen (secondary N) is 4. The standard InChI is InChI=1S/C26H25ClN6O/c1-30-16-22(15-29)21-9-10-24(32-17-21)33-26(34)25(20-3-2-4-23(27)13-20)31-12-11-18-5-7-19(14-28)8-6-18/h2-10,13,15-17,25,29-31H,11-12H2,1H3,(H,32,33,34)/b22-16+,29-15?. The van der Waals surface area contributed by atoms with Gasteiger partial charge in [-0.1, -0.05) is 35.9 Å². The Bertz CT molecular complexity index is 1200. The number of amides is 1. The zero-order valence-corrected chi connectivity index (χ0v) is 19.4. The van der Waals surface area contributed by atoms with E-state index in [1.807, 2.05) is 18.2 Å². The second-order valence-corrected chi connectivity index (χ2v) is 7.89. The quantitative estimate of drug-likeness (QED) is 0.328. The van der Waals surface area contributed by atoms with Crippen molar-refractivity contribution in [3.63, 3.8) is 0 Å². The highest BCUT2D eigenvalue weighted by molar-refractivity contribution is 6.30. The van der Waals surface area contributed by atoms with Crippen LogP contribution in [0.25, 0.3) is 5.57 Å². The van der Waals surface area contributed by atoms with E-state index >= 15 is 0 Å². The van der Waals surface area contributed by atoms with Crippen LogP contribution in [0.1, 0.15) is 28.3 Å². The molecule has 1 aromatic heterocycles. The molecule has 0 spiro atoms. The van der Waals surface area contributed by atoms with Gasteiger partial charge in [0.05, 0.1) is 11.6 Å². The lowest BCUT2D eigenvalue weighted by atomic mass is 10.0. The van der Waals surface area contributed by atoms with E-state index in [0.29, 0.717) is 34.9 Å². The maximum atomic E-state index is 13.2. The molecular weight excluding hydrogens is 448 g/mol. The molecule has 1 amide bonds. The van der Waals surface area contributed by atoms with Crippen molar-refractivity contribution in [1.82, 2.24) is 15.6 Å². The molecule has 0 aliphatic carbocycles. The van der Waals surface area contributed by atoms with Crippen LogP contribution >= 0.6 is 11.6 Å². The average molecular weight is 473 g/mol. The summed E-state index contributed by atoms with van der Waals surface area (Å²) in [5.74, 6) is 0.142. The van der Waals surface area contributed by atoms with Gasteiger partial charge in [0.25, 0.3) is 0 Å². The van der Waals surface area contributed by atoms with Gasteiger partial charge in [0.15, 0.2) is 0 Å². The largest absolute Gasteiger partial charge is 0.393 e. The van der Waals surface area contributed by atoms with Crippen LogP contribution in [0.4, 0.5) is 5.82 Å². The minimum Gasteiger partial charge on any atom is -0.393 e. The molecular formula is C26H25ClN6O. The molecule has 0 bridgehead atoms. The lowest BCUT2D eigenvalue weighted by Crippen LogP contribution is -2.34. The molecule has 8 heteroatoms. The van der Waals surface area contributed by atoms with Crippen LogP contribution in [0.15, 0.2) is 73.1 Å². The summed E-state index contributed by atoms with van der Waals surface area (Å²) in [6.07, 6.45) is 5.23. The van der Waals surface area contributed by atoms with Crippen LogP contribution in [0.5, 0.6) is 0 Å². The SMILES string of the molecule is CN/C=C(\C=N)c1ccc(NC(=O)C(NCCc2ccc(C#N)cc2)c2cccc(Cl)c2)nc1. The molecule has 0 fully saturated rings. The van der Waals surface area contributed by atoms with E-state index < -0.39 is 6.04 Å². The summed E-state index contributed by atoms with van der Waals surface area (Å²) in [5, 5.41) is 26.1. The van der Waals surface area contributed by atoms with Gasteiger partial charge in [0, 0.05) is 48.4 Å². The Morgan fingerprint density at radius 2 is 2.00 bits per heavy atom. The van der Waals surface area contributed by atoms with Crippen molar-refractivity contribution in [2.45, 2.75) is 12.5 Å². The Balaban J connectivity index is 1.72. The minimum absolute atomic E-state index is 0.264. The summed E-state index contributed by atoms with van der Waals surface area (Å²) in [4.78, 5) is 17.5. The monoisotopic (exact) mass is 472 g/mol. The van der Waals surface area contributed by atoms with Gasteiger partial charge >= 0.3 is 0 Å². The van der Waals surface area contributed by atoms with E-state index in [-0.39, 0.29) is 5.91 Å². The zero-order chi connectivity index (χ0) is 24.3. The number of benzene rings is 2. The third kappa shape index (κ3) is 6.75. The van der Waals surface area contributed by atoms with Gasteiger partial charge in [-0.3, -0.25) is 4.79 Å². The molecule has 1 unspecified atom stereocenters. The number of aromatic nitrogens is 1. The zero-order valence-electron chi connectivity index (χ0n) is 18.7. The second-order valence-electron chi connectivity index (χ2n) is 7.45. The molecule has 172 valence electrons. The minimum atomic E-state index is -0.639. The molecule has 2 aromatic carbocycles. The fraction of sp³-hybridized carbons (Fsp3) is 0.154. The van der Waals surface area contributed by atoms with Gasteiger partial charge in [0.2, 0.25) is 5.91 Å². The molecule has 1 heterocycles. The summed E-state index contributed by atoms with van der Waals surface area (Å²) in [5.41, 5.74) is 3.85. The number of hydrogen-bond donors (Lipinski definition) is 4. The lowest BCUT2D eigenvalue weighted by molar-refractivity contribution is -0.118. The van der Waals surface area contributed by atoms with Crippen molar-refractivity contribution in [2.75, 3.05) is 18.9 Å². The Morgan fingerprint density at radius 3 is 2.62 bits per heavy atom. The summed E-state index contributed by atoms with van der Waals surface area (Å²) in [6, 6.07) is 19.5. The Hall–Kier alpha value is -3.99. The van der Waals surface area contributed by atoms with E-state index in [0.717, 1.165) is 16.7 Å². The van der Waals surface area contributed by atoms with E-state index in [1.165, 1.54) is 6.21 Å². The van der Waals surface area contributed by atoms with Crippen LogP contribution in [0.3, 0.4) is 0 Å². The first-order valence-electron chi connectivity index (χ1n) is 10.7. The second kappa shape index (κ2) is 12.3. The number of allylic oxidation sites excluding steroid dienone is 1. The Morgan fingerprint density at radius 1 is 1.21 bits per heavy atom. The third-order valence-corrected chi connectivity index (χ3v) is 5.33. The molecule has 7 nitrogen and oxygen atoms in total. The van der Waals surface area contributed by atoms with Gasteiger partial charge in [-0.2, -0.15) is 5.26 Å². The van der Waals surface area contributed by atoms with Crippen LogP contribution in [-0.2, 0) is 11.2 Å².